The van der Waals surface area contributed by atoms with Gasteiger partial charge in [0.1, 0.15) is 4.90 Å². The van der Waals surface area contributed by atoms with E-state index < -0.39 is 20.7 Å². The predicted molar refractivity (Wildman–Crippen MR) is 74.5 cm³/mol. The zero-order valence-corrected chi connectivity index (χ0v) is 12.4. The van der Waals surface area contributed by atoms with Gasteiger partial charge in [-0.05, 0) is 30.9 Å². The zero-order chi connectivity index (χ0) is 13.3. The molecule has 1 aromatic carbocycles. The number of sulfonamides is 1. The van der Waals surface area contributed by atoms with Crippen molar-refractivity contribution in [1.29, 1.82) is 0 Å². The van der Waals surface area contributed by atoms with Gasteiger partial charge in [0, 0.05) is 12.6 Å². The average Bonchev–Trinajstić information content (AvgIpc) is 3.13. The molecule has 0 aliphatic heterocycles. The fourth-order valence-corrected chi connectivity index (χ4v) is 3.44. The summed E-state index contributed by atoms with van der Waals surface area (Å²) in [5.41, 5.74) is 5.52. The Morgan fingerprint density at radius 1 is 1.47 bits per heavy atom. The lowest BCUT2D eigenvalue weighted by Crippen LogP contribution is -2.41. The third kappa shape index (κ3) is 3.79. The summed E-state index contributed by atoms with van der Waals surface area (Å²) in [6.45, 7) is 0.200. The van der Waals surface area contributed by atoms with E-state index in [2.05, 4.69) is 4.72 Å². The number of benzene rings is 1. The van der Waals surface area contributed by atoms with Gasteiger partial charge in [-0.1, -0.05) is 17.7 Å². The Morgan fingerprint density at radius 2 is 2.11 bits per heavy atom. The highest BCUT2D eigenvalue weighted by Gasteiger charge is 2.34. The van der Waals surface area contributed by atoms with E-state index in [1.165, 1.54) is 18.2 Å². The van der Waals surface area contributed by atoms with Crippen molar-refractivity contribution >= 4 is 34.0 Å². The predicted octanol–water partition coefficient (Wildman–Crippen LogP) is 1.92. The minimum Gasteiger partial charge on any atom is -0.329 e. The molecule has 1 aliphatic carbocycles. The summed E-state index contributed by atoms with van der Waals surface area (Å²) in [4.78, 5) is -0.436. The highest BCUT2D eigenvalue weighted by atomic mass is 35.5. The van der Waals surface area contributed by atoms with Crippen LogP contribution in [-0.2, 0) is 10.0 Å². The SMILES string of the molecule is Cl.NCC(NS(=O)(=O)c1cccc(Cl)c1F)C1CC1. The van der Waals surface area contributed by atoms with Crippen LogP contribution in [0.1, 0.15) is 12.8 Å². The monoisotopic (exact) mass is 328 g/mol. The Bertz CT molecular complexity index is 550. The van der Waals surface area contributed by atoms with Gasteiger partial charge in [-0.25, -0.2) is 17.5 Å². The van der Waals surface area contributed by atoms with Crippen LogP contribution in [0, 0.1) is 11.7 Å². The van der Waals surface area contributed by atoms with Crippen molar-refractivity contribution in [3.05, 3.63) is 29.0 Å². The molecule has 19 heavy (non-hydrogen) atoms. The van der Waals surface area contributed by atoms with Gasteiger partial charge in [-0.2, -0.15) is 0 Å². The Morgan fingerprint density at radius 3 is 2.63 bits per heavy atom. The Kier molecular flexibility index (Phi) is 5.58. The Hall–Kier alpha value is -0.400. The van der Waals surface area contributed by atoms with Gasteiger partial charge in [0.2, 0.25) is 10.0 Å². The molecule has 2 rings (SSSR count). The first-order valence-electron chi connectivity index (χ1n) is 5.62. The molecule has 4 nitrogen and oxygen atoms in total. The van der Waals surface area contributed by atoms with Crippen LogP contribution >= 0.6 is 24.0 Å². The smallest absolute Gasteiger partial charge is 0.243 e. The maximum atomic E-state index is 13.7. The average molecular weight is 329 g/mol. The van der Waals surface area contributed by atoms with Gasteiger partial charge in [0.25, 0.3) is 0 Å². The molecule has 3 N–H and O–H groups in total. The van der Waals surface area contributed by atoms with Crippen LogP contribution in [0.15, 0.2) is 23.1 Å². The number of hydrogen-bond donors (Lipinski definition) is 2. The number of halogens is 3. The summed E-state index contributed by atoms with van der Waals surface area (Å²) >= 11 is 5.57. The molecule has 0 spiro atoms. The molecule has 0 aromatic heterocycles. The van der Waals surface area contributed by atoms with Crippen LogP contribution in [0.5, 0.6) is 0 Å². The molecule has 1 aromatic rings. The summed E-state index contributed by atoms with van der Waals surface area (Å²) in [5, 5.41) is -0.214. The normalized spacial score (nSPS) is 16.8. The molecule has 8 heteroatoms. The van der Waals surface area contributed by atoms with Gasteiger partial charge < -0.3 is 5.73 Å². The van der Waals surface area contributed by atoms with E-state index >= 15 is 0 Å². The minimum atomic E-state index is -3.92. The van der Waals surface area contributed by atoms with Crippen molar-refractivity contribution in [2.75, 3.05) is 6.54 Å². The van der Waals surface area contributed by atoms with Crippen LogP contribution < -0.4 is 10.5 Å². The highest BCUT2D eigenvalue weighted by molar-refractivity contribution is 7.89. The molecule has 1 unspecified atom stereocenters. The molecular formula is C11H15Cl2FN2O2S. The molecule has 1 fully saturated rings. The maximum absolute atomic E-state index is 13.7. The van der Waals surface area contributed by atoms with Gasteiger partial charge in [0.05, 0.1) is 5.02 Å². The second kappa shape index (κ2) is 6.37. The molecule has 0 saturated heterocycles. The van der Waals surface area contributed by atoms with E-state index in [1.807, 2.05) is 0 Å². The van der Waals surface area contributed by atoms with Crippen LogP contribution in [0.4, 0.5) is 4.39 Å². The third-order valence-electron chi connectivity index (χ3n) is 2.96. The molecule has 0 radical (unpaired) electrons. The first-order valence-corrected chi connectivity index (χ1v) is 7.48. The van der Waals surface area contributed by atoms with Gasteiger partial charge in [-0.3, -0.25) is 0 Å². The topological polar surface area (TPSA) is 72.2 Å². The lowest BCUT2D eigenvalue weighted by Gasteiger charge is -2.16. The van der Waals surface area contributed by atoms with Gasteiger partial charge in [0.15, 0.2) is 5.82 Å². The summed E-state index contributed by atoms with van der Waals surface area (Å²) in [5.74, 6) is -0.676. The summed E-state index contributed by atoms with van der Waals surface area (Å²) < 4.78 is 40.2. The van der Waals surface area contributed by atoms with E-state index in [1.54, 1.807) is 0 Å². The van der Waals surface area contributed by atoms with Crippen molar-refractivity contribution in [2.45, 2.75) is 23.8 Å². The molecular weight excluding hydrogens is 314 g/mol. The quantitative estimate of drug-likeness (QED) is 0.867. The van der Waals surface area contributed by atoms with Crippen LogP contribution in [-0.4, -0.2) is 21.0 Å². The van der Waals surface area contributed by atoms with E-state index in [0.717, 1.165) is 12.8 Å². The van der Waals surface area contributed by atoms with Crippen LogP contribution in [0.2, 0.25) is 5.02 Å². The molecule has 0 amide bonds. The number of hydrogen-bond acceptors (Lipinski definition) is 3. The standard InChI is InChI=1S/C11H14ClFN2O2S.ClH/c12-8-2-1-3-10(11(8)13)18(16,17)15-9(6-14)7-4-5-7;/h1-3,7,9,15H,4-6,14H2;1H. The number of nitrogens with one attached hydrogen (secondary N) is 1. The third-order valence-corrected chi connectivity index (χ3v) is 4.76. The van der Waals surface area contributed by atoms with E-state index in [0.29, 0.717) is 0 Å². The van der Waals surface area contributed by atoms with Gasteiger partial charge >= 0.3 is 0 Å². The van der Waals surface area contributed by atoms with Crippen LogP contribution in [0.25, 0.3) is 0 Å². The van der Waals surface area contributed by atoms with E-state index in [9.17, 15) is 12.8 Å². The Balaban J connectivity index is 0.00000180. The fraction of sp³-hybridized carbons (Fsp3) is 0.455. The lowest BCUT2D eigenvalue weighted by molar-refractivity contribution is 0.511. The van der Waals surface area contributed by atoms with Crippen molar-refractivity contribution in [3.8, 4) is 0 Å². The molecule has 1 atom stereocenters. The van der Waals surface area contributed by atoms with Gasteiger partial charge in [-0.15, -0.1) is 12.4 Å². The van der Waals surface area contributed by atoms with Crippen LogP contribution in [0.3, 0.4) is 0 Å². The van der Waals surface area contributed by atoms with Crippen molar-refractivity contribution in [2.24, 2.45) is 11.7 Å². The molecule has 108 valence electrons. The van der Waals surface area contributed by atoms with Crippen molar-refractivity contribution in [1.82, 2.24) is 4.72 Å². The van der Waals surface area contributed by atoms with E-state index in [-0.39, 0.29) is 35.9 Å². The zero-order valence-electron chi connectivity index (χ0n) is 9.97. The van der Waals surface area contributed by atoms with Crippen molar-refractivity contribution < 1.29 is 12.8 Å². The first kappa shape index (κ1) is 16.7. The molecule has 0 heterocycles. The summed E-state index contributed by atoms with van der Waals surface area (Å²) in [6.07, 6.45) is 1.89. The summed E-state index contributed by atoms with van der Waals surface area (Å²) in [6, 6.07) is 3.55. The minimum absolute atomic E-state index is 0. The molecule has 1 aliphatic rings. The second-order valence-electron chi connectivity index (χ2n) is 4.35. The molecule has 0 bridgehead atoms. The molecule has 1 saturated carbocycles. The number of rotatable bonds is 5. The lowest BCUT2D eigenvalue weighted by atomic mass is 10.2. The largest absolute Gasteiger partial charge is 0.329 e. The first-order chi connectivity index (χ1) is 8.45. The second-order valence-corrected chi connectivity index (χ2v) is 6.44. The fourth-order valence-electron chi connectivity index (χ4n) is 1.79. The van der Waals surface area contributed by atoms with Crippen molar-refractivity contribution in [3.63, 3.8) is 0 Å². The summed E-state index contributed by atoms with van der Waals surface area (Å²) in [7, 11) is -3.92. The van der Waals surface area contributed by atoms with E-state index in [4.69, 9.17) is 17.3 Å². The highest BCUT2D eigenvalue weighted by Crippen LogP contribution is 2.33. The number of nitrogens with two attached hydrogens (primary N) is 1. The Labute approximate surface area is 123 Å². The maximum Gasteiger partial charge on any atom is 0.243 e.